The molecule has 0 aromatic heterocycles. The van der Waals surface area contributed by atoms with Crippen LogP contribution in [0, 0.1) is 0 Å². The SMILES string of the molecule is CC(C)N(Cc1ccccc1)C(CCO)c1ccc2ccccc2c1. The molecule has 130 valence electrons. The van der Waals surface area contributed by atoms with Gasteiger partial charge >= 0.3 is 0 Å². The van der Waals surface area contributed by atoms with Crippen LogP contribution in [0.25, 0.3) is 10.8 Å². The summed E-state index contributed by atoms with van der Waals surface area (Å²) < 4.78 is 0. The molecule has 1 unspecified atom stereocenters. The first-order valence-corrected chi connectivity index (χ1v) is 9.08. The Kier molecular flexibility index (Phi) is 5.85. The topological polar surface area (TPSA) is 23.5 Å². The zero-order chi connectivity index (χ0) is 17.6. The third-order valence-corrected chi connectivity index (χ3v) is 4.83. The van der Waals surface area contributed by atoms with Gasteiger partial charge in [-0.2, -0.15) is 0 Å². The van der Waals surface area contributed by atoms with Crippen molar-refractivity contribution in [3.8, 4) is 0 Å². The fraction of sp³-hybridized carbons (Fsp3) is 0.304. The summed E-state index contributed by atoms with van der Waals surface area (Å²) in [6.07, 6.45) is 0.739. The van der Waals surface area contributed by atoms with E-state index in [1.807, 2.05) is 0 Å². The molecule has 0 aliphatic heterocycles. The fourth-order valence-corrected chi connectivity index (χ4v) is 3.51. The number of fused-ring (bicyclic) bond motifs is 1. The molecule has 3 rings (SSSR count). The molecule has 2 nitrogen and oxygen atoms in total. The average molecular weight is 333 g/mol. The molecular weight excluding hydrogens is 306 g/mol. The van der Waals surface area contributed by atoms with Gasteiger partial charge in [0.1, 0.15) is 0 Å². The summed E-state index contributed by atoms with van der Waals surface area (Å²) in [6.45, 7) is 5.54. The van der Waals surface area contributed by atoms with E-state index < -0.39 is 0 Å². The van der Waals surface area contributed by atoms with Gasteiger partial charge in [-0.3, -0.25) is 4.90 Å². The van der Waals surface area contributed by atoms with Crippen LogP contribution in [0.1, 0.15) is 37.4 Å². The van der Waals surface area contributed by atoms with Crippen molar-refractivity contribution in [2.45, 2.75) is 38.9 Å². The molecule has 0 bridgehead atoms. The number of benzene rings is 3. The maximum atomic E-state index is 9.68. The fourth-order valence-electron chi connectivity index (χ4n) is 3.51. The lowest BCUT2D eigenvalue weighted by atomic mass is 9.97. The third-order valence-electron chi connectivity index (χ3n) is 4.83. The number of hydrogen-bond acceptors (Lipinski definition) is 2. The summed E-state index contributed by atoms with van der Waals surface area (Å²) in [5.41, 5.74) is 2.58. The number of aliphatic hydroxyl groups excluding tert-OH is 1. The number of rotatable bonds is 7. The second-order valence-electron chi connectivity index (χ2n) is 6.89. The summed E-state index contributed by atoms with van der Waals surface area (Å²) >= 11 is 0. The van der Waals surface area contributed by atoms with E-state index >= 15 is 0 Å². The minimum atomic E-state index is 0.190. The van der Waals surface area contributed by atoms with E-state index in [2.05, 4.69) is 91.5 Å². The Morgan fingerprint density at radius 2 is 1.52 bits per heavy atom. The Morgan fingerprint density at radius 1 is 0.840 bits per heavy atom. The van der Waals surface area contributed by atoms with Crippen LogP contribution < -0.4 is 0 Å². The molecule has 3 aromatic carbocycles. The minimum absolute atomic E-state index is 0.190. The van der Waals surface area contributed by atoms with Crippen LogP contribution in [0.5, 0.6) is 0 Å². The van der Waals surface area contributed by atoms with E-state index in [0.717, 1.165) is 13.0 Å². The van der Waals surface area contributed by atoms with Crippen LogP contribution in [0.3, 0.4) is 0 Å². The molecule has 2 heteroatoms. The molecule has 1 N–H and O–H groups in total. The van der Waals surface area contributed by atoms with Crippen molar-refractivity contribution in [3.63, 3.8) is 0 Å². The Bertz CT molecular complexity index is 797. The number of nitrogens with zero attached hydrogens (tertiary/aromatic N) is 1. The summed E-state index contributed by atoms with van der Waals surface area (Å²) in [5, 5.41) is 12.2. The third kappa shape index (κ3) is 4.28. The van der Waals surface area contributed by atoms with Gasteiger partial charge in [0.2, 0.25) is 0 Å². The molecule has 3 aromatic rings. The summed E-state index contributed by atoms with van der Waals surface area (Å²) in [4.78, 5) is 2.48. The Balaban J connectivity index is 1.95. The first kappa shape index (κ1) is 17.7. The average Bonchev–Trinajstić information content (AvgIpc) is 2.65. The highest BCUT2D eigenvalue weighted by Gasteiger charge is 2.23. The lowest BCUT2D eigenvalue weighted by Crippen LogP contribution is -2.35. The maximum absolute atomic E-state index is 9.68. The van der Waals surface area contributed by atoms with Gasteiger partial charge in [0, 0.05) is 25.2 Å². The number of hydrogen-bond donors (Lipinski definition) is 1. The molecule has 0 saturated heterocycles. The largest absolute Gasteiger partial charge is 0.396 e. The highest BCUT2D eigenvalue weighted by atomic mass is 16.3. The molecule has 0 radical (unpaired) electrons. The van der Waals surface area contributed by atoms with E-state index in [1.165, 1.54) is 21.9 Å². The van der Waals surface area contributed by atoms with Crippen molar-refractivity contribution in [3.05, 3.63) is 83.9 Å². The molecule has 0 saturated carbocycles. The van der Waals surface area contributed by atoms with Crippen LogP contribution in [-0.2, 0) is 6.54 Å². The summed E-state index contributed by atoms with van der Waals surface area (Å²) in [5.74, 6) is 0. The van der Waals surface area contributed by atoms with Gasteiger partial charge in [-0.25, -0.2) is 0 Å². The molecule has 1 atom stereocenters. The normalized spacial score (nSPS) is 12.8. The van der Waals surface area contributed by atoms with E-state index in [4.69, 9.17) is 0 Å². The van der Waals surface area contributed by atoms with Crippen molar-refractivity contribution in [1.82, 2.24) is 4.90 Å². The van der Waals surface area contributed by atoms with Gasteiger partial charge in [-0.15, -0.1) is 0 Å². The molecule has 0 aliphatic rings. The van der Waals surface area contributed by atoms with Gasteiger partial charge < -0.3 is 5.11 Å². The van der Waals surface area contributed by atoms with Crippen LogP contribution in [0.2, 0.25) is 0 Å². The van der Waals surface area contributed by atoms with Crippen molar-refractivity contribution in [1.29, 1.82) is 0 Å². The van der Waals surface area contributed by atoms with E-state index in [0.29, 0.717) is 6.04 Å². The Labute approximate surface area is 150 Å². The van der Waals surface area contributed by atoms with E-state index in [9.17, 15) is 5.11 Å². The molecule has 25 heavy (non-hydrogen) atoms. The van der Waals surface area contributed by atoms with Gasteiger partial charge in [-0.1, -0.05) is 66.7 Å². The lowest BCUT2D eigenvalue weighted by molar-refractivity contribution is 0.116. The molecule has 0 spiro atoms. The van der Waals surface area contributed by atoms with Crippen molar-refractivity contribution in [2.24, 2.45) is 0 Å². The highest BCUT2D eigenvalue weighted by molar-refractivity contribution is 5.83. The van der Waals surface area contributed by atoms with Gasteiger partial charge in [0.15, 0.2) is 0 Å². The molecule has 0 heterocycles. The van der Waals surface area contributed by atoms with Gasteiger partial charge in [-0.05, 0) is 48.2 Å². The zero-order valence-electron chi connectivity index (χ0n) is 15.1. The monoisotopic (exact) mass is 333 g/mol. The van der Waals surface area contributed by atoms with Crippen LogP contribution >= 0.6 is 0 Å². The highest BCUT2D eigenvalue weighted by Crippen LogP contribution is 2.30. The standard InChI is InChI=1S/C23H27NO/c1-18(2)24(17-19-8-4-3-5-9-19)23(14-15-25)22-13-12-20-10-6-7-11-21(20)16-22/h3-13,16,18,23,25H,14-15,17H2,1-2H3. The predicted octanol–water partition coefficient (Wildman–Crippen LogP) is 5.17. The first-order chi connectivity index (χ1) is 12.2. The lowest BCUT2D eigenvalue weighted by Gasteiger charge is -2.35. The quantitative estimate of drug-likeness (QED) is 0.644. The minimum Gasteiger partial charge on any atom is -0.396 e. The summed E-state index contributed by atoms with van der Waals surface area (Å²) in [7, 11) is 0. The first-order valence-electron chi connectivity index (χ1n) is 9.08. The van der Waals surface area contributed by atoms with E-state index in [-0.39, 0.29) is 12.6 Å². The van der Waals surface area contributed by atoms with Crippen molar-refractivity contribution >= 4 is 10.8 Å². The number of aliphatic hydroxyl groups is 1. The zero-order valence-corrected chi connectivity index (χ0v) is 15.1. The molecular formula is C23H27NO. The maximum Gasteiger partial charge on any atom is 0.0449 e. The predicted molar refractivity (Wildman–Crippen MR) is 106 cm³/mol. The molecule has 0 fully saturated rings. The van der Waals surface area contributed by atoms with Crippen LogP contribution in [0.4, 0.5) is 0 Å². The van der Waals surface area contributed by atoms with Gasteiger partial charge in [0.05, 0.1) is 0 Å². The Hall–Kier alpha value is -2.16. The second-order valence-corrected chi connectivity index (χ2v) is 6.89. The second kappa shape index (κ2) is 8.28. The van der Waals surface area contributed by atoms with Crippen molar-refractivity contribution < 1.29 is 5.11 Å². The molecule has 0 aliphatic carbocycles. The molecule has 0 amide bonds. The summed E-state index contributed by atoms with van der Waals surface area (Å²) in [6, 6.07) is 26.3. The van der Waals surface area contributed by atoms with Gasteiger partial charge in [0.25, 0.3) is 0 Å². The van der Waals surface area contributed by atoms with E-state index in [1.54, 1.807) is 0 Å². The van der Waals surface area contributed by atoms with Crippen LogP contribution in [0.15, 0.2) is 72.8 Å². The van der Waals surface area contributed by atoms with Crippen molar-refractivity contribution in [2.75, 3.05) is 6.61 Å². The smallest absolute Gasteiger partial charge is 0.0449 e. The Morgan fingerprint density at radius 3 is 2.20 bits per heavy atom. The van der Waals surface area contributed by atoms with Crippen LogP contribution in [-0.4, -0.2) is 22.7 Å².